The monoisotopic (exact) mass is 195 g/mol. The first-order chi connectivity index (χ1) is 5.27. The summed E-state index contributed by atoms with van der Waals surface area (Å²) >= 11 is 0. The van der Waals surface area contributed by atoms with Gasteiger partial charge in [-0.3, -0.25) is 4.79 Å². The summed E-state index contributed by atoms with van der Waals surface area (Å²) in [5, 5.41) is 11.3. The summed E-state index contributed by atoms with van der Waals surface area (Å²) in [4.78, 5) is 10.1. The maximum atomic E-state index is 10.1. The molecule has 3 nitrogen and oxygen atoms in total. The summed E-state index contributed by atoms with van der Waals surface area (Å²) in [6.07, 6.45) is 0.261. The summed E-state index contributed by atoms with van der Waals surface area (Å²) in [6, 6.07) is 0. The number of rotatable bonds is 7. The number of carbonyl (C=O) groups is 1. The van der Waals surface area contributed by atoms with E-state index in [1.807, 2.05) is 7.05 Å². The van der Waals surface area contributed by atoms with Crippen molar-refractivity contribution in [2.24, 2.45) is 0 Å². The van der Waals surface area contributed by atoms with Crippen LogP contribution < -0.4 is 5.32 Å². The summed E-state index contributed by atoms with van der Waals surface area (Å²) in [6.45, 7) is 0.977. The Morgan fingerprint density at radius 3 is 2.64 bits per heavy atom. The van der Waals surface area contributed by atoms with E-state index in [4.69, 9.17) is 5.11 Å². The third kappa shape index (κ3) is 10.1. The zero-order valence-corrected chi connectivity index (χ0v) is 8.13. The van der Waals surface area contributed by atoms with Gasteiger partial charge in [0, 0.05) is 18.1 Å². The van der Waals surface area contributed by atoms with E-state index in [1.54, 1.807) is 21.6 Å². The molecule has 0 aromatic rings. The fraction of sp³-hybridized carbons (Fsp3) is 0.833. The van der Waals surface area contributed by atoms with Gasteiger partial charge >= 0.3 is 5.97 Å². The van der Waals surface area contributed by atoms with Gasteiger partial charge in [-0.15, -0.1) is 0 Å². The lowest BCUT2D eigenvalue weighted by molar-refractivity contribution is -0.136. The second-order valence-electron chi connectivity index (χ2n) is 1.89. The van der Waals surface area contributed by atoms with Crippen molar-refractivity contribution in [2.45, 2.75) is 6.42 Å². The van der Waals surface area contributed by atoms with E-state index in [-0.39, 0.29) is 6.42 Å². The second kappa shape index (κ2) is 8.23. The molecule has 0 atom stereocenters. The van der Waals surface area contributed by atoms with Crippen LogP contribution in [0.2, 0.25) is 0 Å². The molecular weight excluding hydrogens is 182 g/mol. The standard InChI is InChI=1S/C6H13NO2S2/c1-7-3-5-11-10-4-2-6(8)9/h7H,2-5H2,1H3,(H,8,9). The number of hydrogen-bond donors (Lipinski definition) is 2. The van der Waals surface area contributed by atoms with Crippen LogP contribution in [0.15, 0.2) is 0 Å². The van der Waals surface area contributed by atoms with Gasteiger partial charge in [0.2, 0.25) is 0 Å². The number of carboxylic acids is 1. The van der Waals surface area contributed by atoms with Crippen LogP contribution in [-0.2, 0) is 4.79 Å². The largest absolute Gasteiger partial charge is 0.481 e. The zero-order chi connectivity index (χ0) is 8.53. The molecule has 0 saturated carbocycles. The van der Waals surface area contributed by atoms with Gasteiger partial charge < -0.3 is 10.4 Å². The third-order valence-electron chi connectivity index (χ3n) is 0.918. The van der Waals surface area contributed by atoms with E-state index in [9.17, 15) is 4.79 Å². The quantitative estimate of drug-likeness (QED) is 0.470. The normalized spacial score (nSPS) is 9.91. The number of carboxylic acid groups (broad SMARTS) is 1. The minimum atomic E-state index is -0.716. The zero-order valence-electron chi connectivity index (χ0n) is 6.50. The summed E-state index contributed by atoms with van der Waals surface area (Å²) in [7, 11) is 5.23. The summed E-state index contributed by atoms with van der Waals surface area (Å²) in [5.41, 5.74) is 0. The van der Waals surface area contributed by atoms with Crippen molar-refractivity contribution in [3.05, 3.63) is 0 Å². The van der Waals surface area contributed by atoms with Crippen LogP contribution in [0.1, 0.15) is 6.42 Å². The molecular formula is C6H13NO2S2. The van der Waals surface area contributed by atoms with Gasteiger partial charge in [0.05, 0.1) is 6.42 Å². The number of aliphatic carboxylic acids is 1. The Labute approximate surface area is 74.7 Å². The molecule has 0 fully saturated rings. The van der Waals surface area contributed by atoms with E-state index in [1.165, 1.54) is 0 Å². The molecule has 0 aliphatic heterocycles. The van der Waals surface area contributed by atoms with Crippen molar-refractivity contribution >= 4 is 27.6 Å². The minimum absolute atomic E-state index is 0.261. The highest BCUT2D eigenvalue weighted by molar-refractivity contribution is 8.76. The molecule has 2 N–H and O–H groups in total. The second-order valence-corrected chi connectivity index (χ2v) is 4.59. The highest BCUT2D eigenvalue weighted by atomic mass is 33.1. The molecule has 5 heteroatoms. The molecule has 0 spiro atoms. The first-order valence-electron chi connectivity index (χ1n) is 3.38. The average molecular weight is 195 g/mol. The lowest BCUT2D eigenvalue weighted by atomic mass is 10.5. The topological polar surface area (TPSA) is 49.3 Å². The number of hydrogen-bond acceptors (Lipinski definition) is 4. The molecule has 0 aromatic carbocycles. The lowest BCUT2D eigenvalue weighted by Crippen LogP contribution is -2.09. The predicted octanol–water partition coefficient (Wildman–Crippen LogP) is 1.06. The summed E-state index contributed by atoms with van der Waals surface area (Å²) in [5.74, 6) is 1.01. The van der Waals surface area contributed by atoms with Crippen LogP contribution in [0.5, 0.6) is 0 Å². The Kier molecular flexibility index (Phi) is 8.33. The molecule has 0 aromatic heterocycles. The summed E-state index contributed by atoms with van der Waals surface area (Å²) < 4.78 is 0. The van der Waals surface area contributed by atoms with Crippen LogP contribution >= 0.6 is 21.6 Å². The molecule has 0 bridgehead atoms. The van der Waals surface area contributed by atoms with Gasteiger partial charge in [-0.2, -0.15) is 0 Å². The van der Waals surface area contributed by atoms with Crippen LogP contribution in [0.4, 0.5) is 0 Å². The minimum Gasteiger partial charge on any atom is -0.481 e. The maximum absolute atomic E-state index is 10.1. The van der Waals surface area contributed by atoms with E-state index < -0.39 is 5.97 Å². The van der Waals surface area contributed by atoms with Crippen molar-refractivity contribution in [1.82, 2.24) is 5.32 Å². The molecule has 0 radical (unpaired) electrons. The SMILES string of the molecule is CNCCSSCCC(=O)O. The van der Waals surface area contributed by atoms with Gasteiger partial charge in [0.15, 0.2) is 0 Å². The van der Waals surface area contributed by atoms with Crippen molar-refractivity contribution in [3.8, 4) is 0 Å². The fourth-order valence-corrected chi connectivity index (χ4v) is 2.38. The molecule has 0 unspecified atom stereocenters. The van der Waals surface area contributed by atoms with Crippen LogP contribution in [0.3, 0.4) is 0 Å². The van der Waals surface area contributed by atoms with E-state index >= 15 is 0 Å². The maximum Gasteiger partial charge on any atom is 0.304 e. The Morgan fingerprint density at radius 2 is 2.09 bits per heavy atom. The Morgan fingerprint density at radius 1 is 1.45 bits per heavy atom. The fourth-order valence-electron chi connectivity index (χ4n) is 0.391. The molecule has 0 rings (SSSR count). The first-order valence-corrected chi connectivity index (χ1v) is 5.87. The van der Waals surface area contributed by atoms with Gasteiger partial charge in [0.1, 0.15) is 0 Å². The van der Waals surface area contributed by atoms with Crippen molar-refractivity contribution in [1.29, 1.82) is 0 Å². The van der Waals surface area contributed by atoms with Crippen molar-refractivity contribution in [3.63, 3.8) is 0 Å². The molecule has 66 valence electrons. The number of nitrogens with one attached hydrogen (secondary N) is 1. The van der Waals surface area contributed by atoms with Crippen LogP contribution in [-0.4, -0.2) is 36.2 Å². The van der Waals surface area contributed by atoms with Crippen molar-refractivity contribution < 1.29 is 9.90 Å². The van der Waals surface area contributed by atoms with E-state index in [0.29, 0.717) is 5.75 Å². The molecule has 11 heavy (non-hydrogen) atoms. The van der Waals surface area contributed by atoms with Gasteiger partial charge in [-0.25, -0.2) is 0 Å². The third-order valence-corrected chi connectivity index (χ3v) is 3.33. The molecule has 0 aliphatic rings. The average Bonchev–Trinajstić information content (AvgIpc) is 1.96. The molecule has 0 heterocycles. The first kappa shape index (κ1) is 11.1. The molecule has 0 amide bonds. The lowest BCUT2D eigenvalue weighted by Gasteiger charge is -1.97. The van der Waals surface area contributed by atoms with Crippen LogP contribution in [0, 0.1) is 0 Å². The van der Waals surface area contributed by atoms with Crippen LogP contribution in [0.25, 0.3) is 0 Å². The molecule has 0 saturated heterocycles. The Hall–Kier alpha value is 0.130. The highest BCUT2D eigenvalue weighted by Gasteiger charge is 1.95. The van der Waals surface area contributed by atoms with E-state index in [0.717, 1.165) is 12.3 Å². The Bertz CT molecular complexity index is 111. The van der Waals surface area contributed by atoms with Gasteiger partial charge in [-0.1, -0.05) is 21.6 Å². The Balaban J connectivity index is 2.85. The van der Waals surface area contributed by atoms with Gasteiger partial charge in [-0.05, 0) is 7.05 Å². The molecule has 0 aliphatic carbocycles. The predicted molar refractivity (Wildman–Crippen MR) is 51.1 cm³/mol. The smallest absolute Gasteiger partial charge is 0.304 e. The van der Waals surface area contributed by atoms with E-state index in [2.05, 4.69) is 5.32 Å². The highest BCUT2D eigenvalue weighted by Crippen LogP contribution is 2.20. The van der Waals surface area contributed by atoms with Crippen molar-refractivity contribution in [2.75, 3.05) is 25.1 Å². The van der Waals surface area contributed by atoms with Gasteiger partial charge in [0.25, 0.3) is 0 Å².